The van der Waals surface area contributed by atoms with Crippen LogP contribution in [0.4, 0.5) is 4.79 Å². The quantitative estimate of drug-likeness (QED) is 0.376. The first kappa shape index (κ1) is 25.6. The Hall–Kier alpha value is -4.08. The molecule has 0 spiro atoms. The minimum Gasteiger partial charge on any atom is -0.507 e. The number of benzene rings is 1. The SMILES string of the molecule is Cc1c(O)c(-c2ncc3c(=O)n(C4CCC(/C=N\C(=O)OC(C)(C)C)CC4)ccc3n2)cc2cn(C)nc12. The molecule has 4 aromatic rings. The molecule has 3 heterocycles. The molecule has 38 heavy (non-hydrogen) atoms. The van der Waals surface area contributed by atoms with Crippen molar-refractivity contribution >= 4 is 34.1 Å². The van der Waals surface area contributed by atoms with E-state index in [1.54, 1.807) is 21.7 Å². The average molecular weight is 517 g/mol. The van der Waals surface area contributed by atoms with Crippen LogP contribution < -0.4 is 5.56 Å². The van der Waals surface area contributed by atoms with E-state index in [-0.39, 0.29) is 23.3 Å². The Bertz CT molecular complexity index is 1620. The Labute approximate surface area is 220 Å². The molecule has 0 radical (unpaired) electrons. The zero-order chi connectivity index (χ0) is 27.2. The summed E-state index contributed by atoms with van der Waals surface area (Å²) in [7, 11) is 1.83. The van der Waals surface area contributed by atoms with E-state index in [4.69, 9.17) is 4.74 Å². The van der Waals surface area contributed by atoms with Crippen LogP contribution >= 0.6 is 0 Å². The number of pyridine rings is 1. The number of rotatable bonds is 3. The first-order chi connectivity index (χ1) is 18.0. The minimum atomic E-state index is -0.575. The van der Waals surface area contributed by atoms with Crippen LogP contribution in [0, 0.1) is 12.8 Å². The fourth-order valence-electron chi connectivity index (χ4n) is 5.06. The van der Waals surface area contributed by atoms with Crippen molar-refractivity contribution in [2.24, 2.45) is 18.0 Å². The van der Waals surface area contributed by atoms with E-state index in [9.17, 15) is 14.7 Å². The van der Waals surface area contributed by atoms with Crippen LogP contribution in [0.25, 0.3) is 33.2 Å². The Morgan fingerprint density at radius 3 is 2.68 bits per heavy atom. The van der Waals surface area contributed by atoms with Crippen LogP contribution in [-0.4, -0.2) is 47.3 Å². The van der Waals surface area contributed by atoms with E-state index >= 15 is 0 Å². The van der Waals surface area contributed by atoms with Gasteiger partial charge in [0.15, 0.2) is 5.82 Å². The summed E-state index contributed by atoms with van der Waals surface area (Å²) in [5.74, 6) is 0.607. The molecule has 1 saturated carbocycles. The summed E-state index contributed by atoms with van der Waals surface area (Å²) in [4.78, 5) is 38.2. The topological polar surface area (TPSA) is 124 Å². The molecule has 1 aliphatic carbocycles. The molecule has 0 atom stereocenters. The van der Waals surface area contributed by atoms with E-state index in [1.165, 1.54) is 6.20 Å². The van der Waals surface area contributed by atoms with Crippen LogP contribution in [0.5, 0.6) is 5.75 Å². The van der Waals surface area contributed by atoms with Gasteiger partial charge in [0.25, 0.3) is 5.56 Å². The fourth-order valence-corrected chi connectivity index (χ4v) is 5.06. The third kappa shape index (κ3) is 5.03. The van der Waals surface area contributed by atoms with E-state index in [1.807, 2.05) is 53.1 Å². The van der Waals surface area contributed by atoms with Gasteiger partial charge >= 0.3 is 6.09 Å². The highest BCUT2D eigenvalue weighted by Gasteiger charge is 2.24. The van der Waals surface area contributed by atoms with Gasteiger partial charge in [0.2, 0.25) is 0 Å². The summed E-state index contributed by atoms with van der Waals surface area (Å²) >= 11 is 0. The van der Waals surface area contributed by atoms with Gasteiger partial charge in [0.1, 0.15) is 11.4 Å². The number of nitrogens with zero attached hydrogens (tertiary/aromatic N) is 6. The van der Waals surface area contributed by atoms with E-state index in [0.29, 0.717) is 27.9 Å². The largest absolute Gasteiger partial charge is 0.507 e. The first-order valence-electron chi connectivity index (χ1n) is 12.8. The molecule has 10 heteroatoms. The average Bonchev–Trinajstić information content (AvgIpc) is 3.25. The predicted octanol–water partition coefficient (Wildman–Crippen LogP) is 5.10. The summed E-state index contributed by atoms with van der Waals surface area (Å²) in [5.41, 5.74) is 1.70. The van der Waals surface area contributed by atoms with Crippen molar-refractivity contribution < 1.29 is 14.6 Å². The molecule has 1 aromatic carbocycles. The number of carbonyl (C=O) groups excluding carboxylic acids is 1. The summed E-state index contributed by atoms with van der Waals surface area (Å²) in [5, 5.41) is 16.5. The monoisotopic (exact) mass is 516 g/mol. The van der Waals surface area contributed by atoms with Gasteiger partial charge in [-0.3, -0.25) is 9.48 Å². The first-order valence-corrected chi connectivity index (χ1v) is 12.8. The number of phenols is 1. The highest BCUT2D eigenvalue weighted by atomic mass is 16.6. The molecular formula is C28H32N6O4. The molecule has 1 aliphatic rings. The zero-order valence-electron chi connectivity index (χ0n) is 22.3. The second-order valence-corrected chi connectivity index (χ2v) is 11.0. The summed E-state index contributed by atoms with van der Waals surface area (Å²) in [6.07, 6.45) is 9.56. The number of hydrogen-bond acceptors (Lipinski definition) is 7. The third-order valence-corrected chi connectivity index (χ3v) is 6.96. The van der Waals surface area contributed by atoms with Crippen molar-refractivity contribution in [3.05, 3.63) is 46.6 Å². The predicted molar refractivity (Wildman–Crippen MR) is 146 cm³/mol. The normalized spacial score (nSPS) is 18.4. The van der Waals surface area contributed by atoms with Crippen molar-refractivity contribution in [1.82, 2.24) is 24.3 Å². The Balaban J connectivity index is 1.35. The van der Waals surface area contributed by atoms with Gasteiger partial charge in [-0.25, -0.2) is 14.8 Å². The van der Waals surface area contributed by atoms with E-state index < -0.39 is 11.7 Å². The molecule has 1 N–H and O–H groups in total. The lowest BCUT2D eigenvalue weighted by Crippen LogP contribution is -2.28. The number of phenolic OH excluding ortho intramolecular Hbond substituents is 1. The molecule has 198 valence electrons. The number of ether oxygens (including phenoxy) is 1. The van der Waals surface area contributed by atoms with Gasteiger partial charge in [-0.1, -0.05) is 0 Å². The van der Waals surface area contributed by atoms with Crippen LogP contribution in [0.3, 0.4) is 0 Å². The molecule has 10 nitrogen and oxygen atoms in total. The second kappa shape index (κ2) is 9.66. The lowest BCUT2D eigenvalue weighted by Gasteiger charge is -2.28. The molecule has 0 aliphatic heterocycles. The lowest BCUT2D eigenvalue weighted by molar-refractivity contribution is 0.0604. The number of aromatic hydroxyl groups is 1. The summed E-state index contributed by atoms with van der Waals surface area (Å²) in [6.45, 7) is 7.24. The number of carbonyl (C=O) groups is 1. The highest BCUT2D eigenvalue weighted by molar-refractivity contribution is 5.90. The molecule has 0 saturated heterocycles. The maximum absolute atomic E-state index is 13.3. The number of hydrogen-bond donors (Lipinski definition) is 1. The molecular weight excluding hydrogens is 484 g/mol. The van der Waals surface area contributed by atoms with Crippen molar-refractivity contribution in [3.8, 4) is 17.1 Å². The van der Waals surface area contributed by atoms with Crippen LogP contribution in [0.15, 0.2) is 40.5 Å². The summed E-state index contributed by atoms with van der Waals surface area (Å²) in [6, 6.07) is 3.69. The molecule has 1 fully saturated rings. The van der Waals surface area contributed by atoms with Crippen molar-refractivity contribution in [3.63, 3.8) is 0 Å². The van der Waals surface area contributed by atoms with Gasteiger partial charge in [0.05, 0.1) is 22.0 Å². The lowest BCUT2D eigenvalue weighted by atomic mass is 9.86. The van der Waals surface area contributed by atoms with Gasteiger partial charge in [-0.2, -0.15) is 10.1 Å². The van der Waals surface area contributed by atoms with Crippen LogP contribution in [-0.2, 0) is 11.8 Å². The van der Waals surface area contributed by atoms with Gasteiger partial charge in [-0.15, -0.1) is 0 Å². The maximum atomic E-state index is 13.3. The smallest absolute Gasteiger partial charge is 0.433 e. The summed E-state index contributed by atoms with van der Waals surface area (Å²) < 4.78 is 8.69. The van der Waals surface area contributed by atoms with Gasteiger partial charge < -0.3 is 14.4 Å². The highest BCUT2D eigenvalue weighted by Crippen LogP contribution is 2.36. The van der Waals surface area contributed by atoms with Crippen molar-refractivity contribution in [2.75, 3.05) is 0 Å². The fraction of sp³-hybridized carbons (Fsp3) is 0.429. The van der Waals surface area contributed by atoms with E-state index in [0.717, 1.165) is 36.6 Å². The Morgan fingerprint density at radius 1 is 1.24 bits per heavy atom. The number of aromatic nitrogens is 5. The number of aliphatic imine (C=N–C) groups is 1. The van der Waals surface area contributed by atoms with Gasteiger partial charge in [0, 0.05) is 48.8 Å². The molecule has 1 amide bonds. The standard InChI is InChI=1S/C28H32N6O4/c1-16-23-18(15-33(5)32-23)12-20(24(16)35)25-29-14-21-22(31-25)10-11-34(26(21)36)19-8-6-17(7-9-19)13-30-27(37)38-28(2,3)4/h10-15,17,19,35H,6-9H2,1-5H3/b30-13-. The maximum Gasteiger partial charge on any atom is 0.433 e. The molecule has 0 bridgehead atoms. The molecule has 5 rings (SSSR count). The molecule has 0 unspecified atom stereocenters. The van der Waals surface area contributed by atoms with Crippen molar-refractivity contribution in [1.29, 1.82) is 0 Å². The van der Waals surface area contributed by atoms with Crippen LogP contribution in [0.2, 0.25) is 0 Å². The van der Waals surface area contributed by atoms with Gasteiger partial charge in [-0.05, 0) is 71.4 Å². The Morgan fingerprint density at radius 2 is 1.97 bits per heavy atom. The zero-order valence-corrected chi connectivity index (χ0v) is 22.3. The Kier molecular flexibility index (Phi) is 6.50. The second-order valence-electron chi connectivity index (χ2n) is 11.0. The third-order valence-electron chi connectivity index (χ3n) is 6.96. The van der Waals surface area contributed by atoms with E-state index in [2.05, 4.69) is 20.1 Å². The number of fused-ring (bicyclic) bond motifs is 2. The number of amides is 1. The van der Waals surface area contributed by atoms with Crippen molar-refractivity contribution in [2.45, 2.75) is 65.0 Å². The number of aryl methyl sites for hydroxylation is 2. The van der Waals surface area contributed by atoms with Crippen LogP contribution in [0.1, 0.15) is 58.1 Å². The minimum absolute atomic E-state index is 0.0532. The molecule has 3 aromatic heterocycles.